The third kappa shape index (κ3) is 5.08. The first kappa shape index (κ1) is 29.4. The highest BCUT2D eigenvalue weighted by molar-refractivity contribution is 7.25. The van der Waals surface area contributed by atoms with Gasteiger partial charge in [-0.1, -0.05) is 127 Å². The highest BCUT2D eigenvalue weighted by atomic mass is 32.1. The molecule has 10 aromatic rings. The van der Waals surface area contributed by atoms with E-state index in [0.717, 1.165) is 55.6 Å². The summed E-state index contributed by atoms with van der Waals surface area (Å²) in [6, 6.07) is 64.5. The highest BCUT2D eigenvalue weighted by Gasteiger charge is 2.20. The molecule has 51 heavy (non-hydrogen) atoms. The van der Waals surface area contributed by atoms with Gasteiger partial charge in [-0.15, -0.1) is 11.3 Å². The molecule has 0 fully saturated rings. The van der Waals surface area contributed by atoms with Crippen molar-refractivity contribution in [3.63, 3.8) is 0 Å². The van der Waals surface area contributed by atoms with Gasteiger partial charge in [0.1, 0.15) is 5.52 Å². The minimum absolute atomic E-state index is 0.631. The Morgan fingerprint density at radius 1 is 0.471 bits per heavy atom. The largest absolute Gasteiger partial charge is 0.436 e. The second-order valence-electron chi connectivity index (χ2n) is 12.7. The zero-order chi connectivity index (χ0) is 33.7. The maximum atomic E-state index is 6.28. The zero-order valence-electron chi connectivity index (χ0n) is 27.5. The molecule has 8 aromatic carbocycles. The summed E-state index contributed by atoms with van der Waals surface area (Å²) in [7, 11) is 0. The van der Waals surface area contributed by atoms with Gasteiger partial charge in [0, 0.05) is 48.1 Å². The number of nitrogens with zero attached hydrogens (tertiary/aromatic N) is 2. The summed E-state index contributed by atoms with van der Waals surface area (Å²) < 4.78 is 8.86. The van der Waals surface area contributed by atoms with Crippen LogP contribution in [0, 0.1) is 0 Å². The maximum absolute atomic E-state index is 6.28. The second-order valence-corrected chi connectivity index (χ2v) is 13.8. The predicted octanol–water partition coefficient (Wildman–Crippen LogP) is 13.8. The Kier molecular flexibility index (Phi) is 7.00. The monoisotopic (exact) mass is 670 g/mol. The standard InChI is InChI=1S/C47H30N2OS/c1-3-12-31(13-4-1)37-17-7-9-20-41(37)49(36-27-28-40-39-18-8-10-21-43(39)51-44(40)30-36)35-25-22-32(23-26-35)38-19-11-16-33-24-29-42-46(45(33)38)48-47(50-42)34-14-5-2-6-15-34/h1-30H. The minimum atomic E-state index is 0.631. The Labute approximate surface area is 299 Å². The van der Waals surface area contributed by atoms with Crippen molar-refractivity contribution in [2.75, 3.05) is 4.90 Å². The van der Waals surface area contributed by atoms with Crippen LogP contribution in [-0.2, 0) is 0 Å². The third-order valence-corrected chi connectivity index (χ3v) is 10.8. The lowest BCUT2D eigenvalue weighted by atomic mass is 9.96. The predicted molar refractivity (Wildman–Crippen MR) is 215 cm³/mol. The van der Waals surface area contributed by atoms with Gasteiger partial charge in [-0.25, -0.2) is 4.98 Å². The van der Waals surface area contributed by atoms with Crippen LogP contribution in [0.1, 0.15) is 0 Å². The van der Waals surface area contributed by atoms with Crippen LogP contribution in [-0.4, -0.2) is 4.98 Å². The normalized spacial score (nSPS) is 11.5. The number of aromatic nitrogens is 1. The molecule has 0 saturated carbocycles. The molecular formula is C47H30N2OS. The lowest BCUT2D eigenvalue weighted by molar-refractivity contribution is 0.620. The molecule has 2 heterocycles. The van der Waals surface area contributed by atoms with Crippen LogP contribution in [0.3, 0.4) is 0 Å². The fourth-order valence-corrected chi connectivity index (χ4v) is 8.45. The Bertz CT molecular complexity index is 2850. The molecular weight excluding hydrogens is 641 g/mol. The maximum Gasteiger partial charge on any atom is 0.227 e. The van der Waals surface area contributed by atoms with Crippen LogP contribution >= 0.6 is 11.3 Å². The number of hydrogen-bond acceptors (Lipinski definition) is 4. The molecule has 0 aliphatic heterocycles. The molecule has 3 nitrogen and oxygen atoms in total. The number of thiophene rings is 1. The van der Waals surface area contributed by atoms with Gasteiger partial charge in [0.2, 0.25) is 5.89 Å². The quantitative estimate of drug-likeness (QED) is 0.176. The molecule has 240 valence electrons. The molecule has 0 atom stereocenters. The van der Waals surface area contributed by atoms with Crippen molar-refractivity contribution < 1.29 is 4.42 Å². The van der Waals surface area contributed by atoms with Gasteiger partial charge in [0.15, 0.2) is 5.58 Å². The van der Waals surface area contributed by atoms with Gasteiger partial charge in [-0.2, -0.15) is 0 Å². The van der Waals surface area contributed by atoms with Gasteiger partial charge in [0.05, 0.1) is 5.69 Å². The van der Waals surface area contributed by atoms with Crippen LogP contribution in [0.2, 0.25) is 0 Å². The number of para-hydroxylation sites is 1. The number of rotatable bonds is 6. The minimum Gasteiger partial charge on any atom is -0.436 e. The molecule has 0 radical (unpaired) electrons. The SMILES string of the molecule is c1ccc(-c2nc3c(ccc4cccc(-c5ccc(N(c6ccc7c(c6)sc6ccccc67)c6ccccc6-c6ccccc6)cc5)c43)o2)cc1. The van der Waals surface area contributed by atoms with Crippen LogP contribution in [0.25, 0.3) is 75.8 Å². The summed E-state index contributed by atoms with van der Waals surface area (Å²) in [6.45, 7) is 0. The summed E-state index contributed by atoms with van der Waals surface area (Å²) in [5, 5.41) is 4.82. The molecule has 0 N–H and O–H groups in total. The molecule has 10 rings (SSSR count). The van der Waals surface area contributed by atoms with Crippen LogP contribution in [0.15, 0.2) is 186 Å². The average molecular weight is 671 g/mol. The summed E-state index contributed by atoms with van der Waals surface area (Å²) in [5.74, 6) is 0.631. The molecule has 0 spiro atoms. The van der Waals surface area contributed by atoms with Crippen molar-refractivity contribution in [3.8, 4) is 33.7 Å². The zero-order valence-corrected chi connectivity index (χ0v) is 28.3. The van der Waals surface area contributed by atoms with Crippen molar-refractivity contribution in [2.45, 2.75) is 0 Å². The van der Waals surface area contributed by atoms with Crippen molar-refractivity contribution in [3.05, 3.63) is 182 Å². The average Bonchev–Trinajstić information content (AvgIpc) is 3.81. The van der Waals surface area contributed by atoms with Crippen LogP contribution < -0.4 is 4.90 Å². The van der Waals surface area contributed by atoms with E-state index >= 15 is 0 Å². The number of oxazole rings is 1. The van der Waals surface area contributed by atoms with Crippen LogP contribution in [0.4, 0.5) is 17.1 Å². The molecule has 0 unspecified atom stereocenters. The lowest BCUT2D eigenvalue weighted by Gasteiger charge is -2.28. The van der Waals surface area contributed by atoms with Crippen molar-refractivity contribution >= 4 is 70.4 Å². The Balaban J connectivity index is 1.13. The van der Waals surface area contributed by atoms with Gasteiger partial charge in [-0.05, 0) is 76.7 Å². The molecule has 2 aromatic heterocycles. The molecule has 4 heteroatoms. The number of anilines is 3. The van der Waals surface area contributed by atoms with Gasteiger partial charge in [0.25, 0.3) is 0 Å². The van der Waals surface area contributed by atoms with Crippen molar-refractivity contribution in [1.82, 2.24) is 4.98 Å². The van der Waals surface area contributed by atoms with Gasteiger partial charge >= 0.3 is 0 Å². The molecule has 0 aliphatic carbocycles. The number of hydrogen-bond donors (Lipinski definition) is 0. The fraction of sp³-hybridized carbons (Fsp3) is 0. The van der Waals surface area contributed by atoms with Gasteiger partial charge in [-0.3, -0.25) is 0 Å². The van der Waals surface area contributed by atoms with E-state index in [-0.39, 0.29) is 0 Å². The van der Waals surface area contributed by atoms with E-state index in [2.05, 4.69) is 150 Å². The Morgan fingerprint density at radius 2 is 1.14 bits per heavy atom. The van der Waals surface area contributed by atoms with E-state index in [4.69, 9.17) is 9.40 Å². The van der Waals surface area contributed by atoms with Crippen molar-refractivity contribution in [1.29, 1.82) is 0 Å². The third-order valence-electron chi connectivity index (χ3n) is 9.71. The first-order chi connectivity index (χ1) is 25.3. The first-order valence-corrected chi connectivity index (χ1v) is 17.9. The topological polar surface area (TPSA) is 29.3 Å². The number of fused-ring (bicyclic) bond motifs is 6. The Hall–Kier alpha value is -6.49. The van der Waals surface area contributed by atoms with Gasteiger partial charge < -0.3 is 9.32 Å². The summed E-state index contributed by atoms with van der Waals surface area (Å²) in [4.78, 5) is 7.42. The van der Waals surface area contributed by atoms with E-state index in [9.17, 15) is 0 Å². The highest BCUT2D eigenvalue weighted by Crippen LogP contribution is 2.44. The Morgan fingerprint density at radius 3 is 1.98 bits per heavy atom. The molecule has 0 aliphatic rings. The van der Waals surface area contributed by atoms with E-state index in [1.165, 1.54) is 31.3 Å². The molecule has 0 saturated heterocycles. The molecule has 0 amide bonds. The van der Waals surface area contributed by atoms with E-state index < -0.39 is 0 Å². The van der Waals surface area contributed by atoms with Crippen molar-refractivity contribution in [2.24, 2.45) is 0 Å². The second kappa shape index (κ2) is 12.1. The summed E-state index contributed by atoms with van der Waals surface area (Å²) in [6.07, 6.45) is 0. The van der Waals surface area contributed by atoms with E-state index in [1.807, 2.05) is 47.7 Å². The number of benzene rings is 8. The molecule has 0 bridgehead atoms. The summed E-state index contributed by atoms with van der Waals surface area (Å²) in [5.41, 5.74) is 10.6. The lowest BCUT2D eigenvalue weighted by Crippen LogP contribution is -2.11. The van der Waals surface area contributed by atoms with E-state index in [0.29, 0.717) is 5.89 Å². The fourth-order valence-electron chi connectivity index (χ4n) is 7.31. The summed E-state index contributed by atoms with van der Waals surface area (Å²) >= 11 is 1.85. The van der Waals surface area contributed by atoms with E-state index in [1.54, 1.807) is 0 Å². The van der Waals surface area contributed by atoms with Crippen LogP contribution in [0.5, 0.6) is 0 Å². The smallest absolute Gasteiger partial charge is 0.227 e. The first-order valence-electron chi connectivity index (χ1n) is 17.1.